The van der Waals surface area contributed by atoms with E-state index in [0.717, 1.165) is 44.7 Å². The fourth-order valence-corrected chi connectivity index (χ4v) is 2.96. The van der Waals surface area contributed by atoms with Crippen LogP contribution >= 0.6 is 0 Å². The smallest absolute Gasteiger partial charge is 0.128 e. The summed E-state index contributed by atoms with van der Waals surface area (Å²) in [6, 6.07) is 6.66. The molecule has 5 heteroatoms. The van der Waals surface area contributed by atoms with E-state index < -0.39 is 10.8 Å². The minimum Gasteiger partial charge on any atom is -0.357 e. The largest absolute Gasteiger partial charge is 0.357 e. The third-order valence-corrected chi connectivity index (χ3v) is 5.39. The van der Waals surface area contributed by atoms with Crippen LogP contribution in [0.2, 0.25) is 0 Å². The van der Waals surface area contributed by atoms with Gasteiger partial charge in [0.05, 0.1) is 0 Å². The number of nitrogens with zero attached hydrogens (tertiary/aromatic N) is 2. The first kappa shape index (κ1) is 15.4. The summed E-state index contributed by atoms with van der Waals surface area (Å²) in [7, 11) is -0.704. The van der Waals surface area contributed by atoms with Crippen LogP contribution in [-0.2, 0) is 10.8 Å². The molecule has 1 aromatic heterocycles. The average molecular weight is 295 g/mol. The Morgan fingerprint density at radius 3 is 2.80 bits per heavy atom. The molecule has 1 aromatic rings. The lowest BCUT2D eigenvalue weighted by Gasteiger charge is -2.33. The number of hydrogen-bond acceptors (Lipinski definition) is 4. The number of aromatic nitrogens is 1. The fraction of sp³-hybridized carbons (Fsp3) is 0.667. The molecule has 1 aliphatic heterocycles. The maximum atomic E-state index is 11.3. The SMILES string of the molecule is CC(CCNC1CCN(c2ccccn2)CC1)S(C)=O. The van der Waals surface area contributed by atoms with Gasteiger partial charge in [0, 0.05) is 47.6 Å². The lowest BCUT2D eigenvalue weighted by atomic mass is 10.0. The molecule has 0 spiro atoms. The highest BCUT2D eigenvalue weighted by molar-refractivity contribution is 7.84. The van der Waals surface area contributed by atoms with E-state index in [4.69, 9.17) is 0 Å². The summed E-state index contributed by atoms with van der Waals surface area (Å²) in [6.07, 6.45) is 6.94. The van der Waals surface area contributed by atoms with Crippen molar-refractivity contribution in [1.29, 1.82) is 0 Å². The Morgan fingerprint density at radius 2 is 2.20 bits per heavy atom. The molecular weight excluding hydrogens is 270 g/mol. The molecule has 4 nitrogen and oxygen atoms in total. The van der Waals surface area contributed by atoms with Gasteiger partial charge in [0.2, 0.25) is 0 Å². The van der Waals surface area contributed by atoms with Gasteiger partial charge >= 0.3 is 0 Å². The van der Waals surface area contributed by atoms with E-state index in [2.05, 4.69) is 28.2 Å². The van der Waals surface area contributed by atoms with Crippen molar-refractivity contribution in [2.24, 2.45) is 0 Å². The second-order valence-corrected chi connectivity index (χ2v) is 7.30. The van der Waals surface area contributed by atoms with Gasteiger partial charge < -0.3 is 10.2 Å². The molecule has 0 saturated carbocycles. The Kier molecular flexibility index (Phi) is 5.98. The Bertz CT molecular complexity index is 418. The van der Waals surface area contributed by atoms with Gasteiger partial charge in [0.1, 0.15) is 5.82 Å². The van der Waals surface area contributed by atoms with Crippen LogP contribution < -0.4 is 10.2 Å². The monoisotopic (exact) mass is 295 g/mol. The van der Waals surface area contributed by atoms with Gasteiger partial charge in [-0.25, -0.2) is 4.98 Å². The van der Waals surface area contributed by atoms with Crippen LogP contribution in [0.25, 0.3) is 0 Å². The van der Waals surface area contributed by atoms with Gasteiger partial charge in [0.25, 0.3) is 0 Å². The number of nitrogens with one attached hydrogen (secondary N) is 1. The maximum Gasteiger partial charge on any atom is 0.128 e. The molecule has 1 N–H and O–H groups in total. The lowest BCUT2D eigenvalue weighted by Crippen LogP contribution is -2.43. The van der Waals surface area contributed by atoms with Crippen molar-refractivity contribution in [1.82, 2.24) is 10.3 Å². The van der Waals surface area contributed by atoms with Gasteiger partial charge in [-0.2, -0.15) is 0 Å². The van der Waals surface area contributed by atoms with Crippen molar-refractivity contribution >= 4 is 16.6 Å². The van der Waals surface area contributed by atoms with Crippen LogP contribution in [0.1, 0.15) is 26.2 Å². The Balaban J connectivity index is 1.68. The van der Waals surface area contributed by atoms with E-state index in [1.54, 1.807) is 6.26 Å². The number of anilines is 1. The minimum atomic E-state index is -0.704. The molecule has 2 rings (SSSR count). The summed E-state index contributed by atoms with van der Waals surface area (Å²) in [5.74, 6) is 1.08. The molecule has 2 unspecified atom stereocenters. The van der Waals surface area contributed by atoms with Gasteiger partial charge in [-0.15, -0.1) is 0 Å². The van der Waals surface area contributed by atoms with Crippen molar-refractivity contribution in [3.63, 3.8) is 0 Å². The topological polar surface area (TPSA) is 45.2 Å². The molecule has 2 heterocycles. The number of hydrogen-bond donors (Lipinski definition) is 1. The van der Waals surface area contributed by atoms with Crippen molar-refractivity contribution in [2.45, 2.75) is 37.5 Å². The molecule has 112 valence electrons. The van der Waals surface area contributed by atoms with Crippen LogP contribution in [0.5, 0.6) is 0 Å². The highest BCUT2D eigenvalue weighted by Crippen LogP contribution is 2.17. The van der Waals surface area contributed by atoms with Crippen molar-refractivity contribution < 1.29 is 4.21 Å². The second-order valence-electron chi connectivity index (χ2n) is 5.50. The number of piperidine rings is 1. The Morgan fingerprint density at radius 1 is 1.45 bits per heavy atom. The molecule has 0 aliphatic carbocycles. The standard InChI is InChI=1S/C15H25N3OS/c1-13(20(2)19)6-10-16-14-7-11-18(12-8-14)15-5-3-4-9-17-15/h3-5,9,13-14,16H,6-8,10-12H2,1-2H3. The van der Waals surface area contributed by atoms with Gasteiger partial charge in [-0.3, -0.25) is 4.21 Å². The van der Waals surface area contributed by atoms with Crippen LogP contribution in [-0.4, -0.2) is 46.4 Å². The van der Waals surface area contributed by atoms with E-state index >= 15 is 0 Å². The van der Waals surface area contributed by atoms with Gasteiger partial charge in [-0.1, -0.05) is 13.0 Å². The Hall–Kier alpha value is -0.940. The molecule has 1 aliphatic rings. The summed E-state index contributed by atoms with van der Waals surface area (Å²) >= 11 is 0. The maximum absolute atomic E-state index is 11.3. The molecule has 0 radical (unpaired) electrons. The first-order valence-corrected chi connectivity index (χ1v) is 9.00. The van der Waals surface area contributed by atoms with Crippen LogP contribution in [0.4, 0.5) is 5.82 Å². The van der Waals surface area contributed by atoms with E-state index in [9.17, 15) is 4.21 Å². The van der Waals surface area contributed by atoms with Gasteiger partial charge in [0.15, 0.2) is 0 Å². The summed E-state index contributed by atoms with van der Waals surface area (Å²) < 4.78 is 11.3. The normalized spacial score (nSPS) is 19.8. The van der Waals surface area contributed by atoms with Crippen molar-refractivity contribution in [3.05, 3.63) is 24.4 Å². The fourth-order valence-electron chi connectivity index (χ4n) is 2.51. The second kappa shape index (κ2) is 7.74. The van der Waals surface area contributed by atoms with E-state index in [0.29, 0.717) is 6.04 Å². The van der Waals surface area contributed by atoms with Crippen molar-refractivity contribution in [2.75, 3.05) is 30.8 Å². The average Bonchev–Trinajstić information content (AvgIpc) is 2.48. The van der Waals surface area contributed by atoms with Crippen molar-refractivity contribution in [3.8, 4) is 0 Å². The number of pyridine rings is 1. The van der Waals surface area contributed by atoms with E-state index in [-0.39, 0.29) is 5.25 Å². The van der Waals surface area contributed by atoms with Crippen LogP contribution in [0, 0.1) is 0 Å². The molecule has 20 heavy (non-hydrogen) atoms. The molecule has 0 aromatic carbocycles. The third kappa shape index (κ3) is 4.56. The Labute approximate surface area is 124 Å². The summed E-state index contributed by atoms with van der Waals surface area (Å²) in [6.45, 7) is 5.14. The highest BCUT2D eigenvalue weighted by atomic mass is 32.2. The van der Waals surface area contributed by atoms with Crippen LogP contribution in [0.3, 0.4) is 0 Å². The predicted molar refractivity (Wildman–Crippen MR) is 85.6 cm³/mol. The molecular formula is C15H25N3OS. The van der Waals surface area contributed by atoms with Crippen LogP contribution in [0.15, 0.2) is 24.4 Å². The molecule has 2 atom stereocenters. The van der Waals surface area contributed by atoms with E-state index in [1.807, 2.05) is 18.3 Å². The first-order valence-electron chi connectivity index (χ1n) is 7.38. The quantitative estimate of drug-likeness (QED) is 0.869. The van der Waals surface area contributed by atoms with E-state index in [1.165, 1.54) is 0 Å². The summed E-state index contributed by atoms with van der Waals surface area (Å²) in [4.78, 5) is 6.75. The first-order chi connectivity index (χ1) is 9.66. The summed E-state index contributed by atoms with van der Waals surface area (Å²) in [5.41, 5.74) is 0. The zero-order valence-electron chi connectivity index (χ0n) is 12.4. The molecule has 0 amide bonds. The summed E-state index contributed by atoms with van der Waals surface area (Å²) in [5, 5.41) is 3.89. The molecule has 1 fully saturated rings. The highest BCUT2D eigenvalue weighted by Gasteiger charge is 2.19. The third-order valence-electron chi connectivity index (χ3n) is 4.02. The zero-order valence-corrected chi connectivity index (χ0v) is 13.2. The predicted octanol–water partition coefficient (Wildman–Crippen LogP) is 1.80. The van der Waals surface area contributed by atoms with Gasteiger partial charge in [-0.05, 0) is 37.9 Å². The molecule has 0 bridgehead atoms. The minimum absolute atomic E-state index is 0.288. The lowest BCUT2D eigenvalue weighted by molar-refractivity contribution is 0.411. The molecule has 1 saturated heterocycles. The zero-order chi connectivity index (χ0) is 14.4. The number of rotatable bonds is 6.